The zero-order chi connectivity index (χ0) is 12.4. The van der Waals surface area contributed by atoms with Crippen molar-refractivity contribution in [1.82, 2.24) is 5.32 Å². The Morgan fingerprint density at radius 3 is 2.41 bits per heavy atom. The predicted molar refractivity (Wildman–Crippen MR) is 69.2 cm³/mol. The van der Waals surface area contributed by atoms with E-state index in [-0.39, 0.29) is 0 Å². The lowest BCUT2D eigenvalue weighted by molar-refractivity contribution is 0.350. The summed E-state index contributed by atoms with van der Waals surface area (Å²) in [4.78, 5) is 0. The Morgan fingerprint density at radius 2 is 1.88 bits per heavy atom. The van der Waals surface area contributed by atoms with Crippen molar-refractivity contribution in [3.8, 4) is 11.5 Å². The lowest BCUT2D eigenvalue weighted by Gasteiger charge is -2.19. The van der Waals surface area contributed by atoms with E-state index < -0.39 is 0 Å². The summed E-state index contributed by atoms with van der Waals surface area (Å²) in [6.45, 7) is 6.37. The summed E-state index contributed by atoms with van der Waals surface area (Å²) >= 11 is 0. The first kappa shape index (κ1) is 12.2. The van der Waals surface area contributed by atoms with Gasteiger partial charge < -0.3 is 14.8 Å². The van der Waals surface area contributed by atoms with Crippen molar-refractivity contribution in [1.29, 1.82) is 0 Å². The SMILES string of the molecule is COc1c(C)cc(C2CCNC2)c(C)c1OC. The molecule has 0 aromatic heterocycles. The molecule has 1 aliphatic rings. The van der Waals surface area contributed by atoms with Crippen molar-refractivity contribution in [2.24, 2.45) is 0 Å². The molecule has 0 saturated carbocycles. The van der Waals surface area contributed by atoms with E-state index in [0.717, 1.165) is 30.2 Å². The maximum Gasteiger partial charge on any atom is 0.164 e. The van der Waals surface area contributed by atoms with Gasteiger partial charge in [0.05, 0.1) is 14.2 Å². The summed E-state index contributed by atoms with van der Waals surface area (Å²) in [5.74, 6) is 2.35. The Kier molecular flexibility index (Phi) is 3.57. The van der Waals surface area contributed by atoms with Crippen LogP contribution in [-0.4, -0.2) is 27.3 Å². The van der Waals surface area contributed by atoms with Gasteiger partial charge in [0.1, 0.15) is 0 Å². The van der Waals surface area contributed by atoms with E-state index in [1.165, 1.54) is 17.5 Å². The van der Waals surface area contributed by atoms with E-state index in [2.05, 4.69) is 25.2 Å². The van der Waals surface area contributed by atoms with E-state index >= 15 is 0 Å². The van der Waals surface area contributed by atoms with Gasteiger partial charge in [-0.15, -0.1) is 0 Å². The summed E-state index contributed by atoms with van der Waals surface area (Å²) in [6.07, 6.45) is 1.20. The number of hydrogen-bond donors (Lipinski definition) is 1. The molecule has 0 radical (unpaired) electrons. The maximum absolute atomic E-state index is 5.50. The highest BCUT2D eigenvalue weighted by molar-refractivity contribution is 5.55. The van der Waals surface area contributed by atoms with Gasteiger partial charge >= 0.3 is 0 Å². The van der Waals surface area contributed by atoms with Crippen LogP contribution in [0.1, 0.15) is 29.0 Å². The number of ether oxygens (including phenoxy) is 2. The summed E-state index contributed by atoms with van der Waals surface area (Å²) in [5.41, 5.74) is 3.76. The van der Waals surface area contributed by atoms with E-state index in [1.807, 2.05) is 0 Å². The smallest absolute Gasteiger partial charge is 0.164 e. The quantitative estimate of drug-likeness (QED) is 0.872. The van der Waals surface area contributed by atoms with Gasteiger partial charge in [0.25, 0.3) is 0 Å². The fourth-order valence-electron chi connectivity index (χ4n) is 2.73. The van der Waals surface area contributed by atoms with Gasteiger partial charge in [-0.2, -0.15) is 0 Å². The monoisotopic (exact) mass is 235 g/mol. The zero-order valence-electron chi connectivity index (χ0n) is 11.1. The van der Waals surface area contributed by atoms with Crippen molar-refractivity contribution in [2.45, 2.75) is 26.2 Å². The first-order chi connectivity index (χ1) is 8.19. The zero-order valence-corrected chi connectivity index (χ0v) is 11.1. The highest BCUT2D eigenvalue weighted by Crippen LogP contribution is 2.39. The van der Waals surface area contributed by atoms with Crippen LogP contribution in [0.25, 0.3) is 0 Å². The maximum atomic E-state index is 5.50. The number of nitrogens with one attached hydrogen (secondary N) is 1. The molecule has 1 heterocycles. The normalized spacial score (nSPS) is 19.4. The molecule has 3 nitrogen and oxygen atoms in total. The van der Waals surface area contributed by atoms with Crippen molar-refractivity contribution in [2.75, 3.05) is 27.3 Å². The first-order valence-corrected chi connectivity index (χ1v) is 6.11. The van der Waals surface area contributed by atoms with Gasteiger partial charge in [0, 0.05) is 6.54 Å². The molecule has 1 aliphatic heterocycles. The molecule has 3 heteroatoms. The van der Waals surface area contributed by atoms with Crippen LogP contribution in [0, 0.1) is 13.8 Å². The van der Waals surface area contributed by atoms with Crippen LogP contribution >= 0.6 is 0 Å². The van der Waals surface area contributed by atoms with Crippen LogP contribution in [0.3, 0.4) is 0 Å². The number of rotatable bonds is 3. The Balaban J connectivity index is 2.50. The van der Waals surface area contributed by atoms with Crippen LogP contribution in [0.15, 0.2) is 6.07 Å². The molecule has 0 bridgehead atoms. The molecule has 17 heavy (non-hydrogen) atoms. The Hall–Kier alpha value is -1.22. The first-order valence-electron chi connectivity index (χ1n) is 6.11. The highest BCUT2D eigenvalue weighted by Gasteiger charge is 2.23. The largest absolute Gasteiger partial charge is 0.493 e. The fraction of sp³-hybridized carbons (Fsp3) is 0.571. The van der Waals surface area contributed by atoms with E-state index in [4.69, 9.17) is 9.47 Å². The minimum Gasteiger partial charge on any atom is -0.493 e. The molecule has 1 unspecified atom stereocenters. The van der Waals surface area contributed by atoms with Gasteiger partial charge in [0.15, 0.2) is 11.5 Å². The molecule has 1 saturated heterocycles. The lowest BCUT2D eigenvalue weighted by Crippen LogP contribution is -2.10. The van der Waals surface area contributed by atoms with Crippen molar-refractivity contribution >= 4 is 0 Å². The summed E-state index contributed by atoms with van der Waals surface area (Å²) in [5, 5.41) is 3.41. The average Bonchev–Trinajstić information content (AvgIpc) is 2.84. The summed E-state index contributed by atoms with van der Waals surface area (Å²) in [6, 6.07) is 2.24. The topological polar surface area (TPSA) is 30.5 Å². The van der Waals surface area contributed by atoms with Gasteiger partial charge in [-0.25, -0.2) is 0 Å². The number of aryl methyl sites for hydroxylation is 1. The minimum absolute atomic E-state index is 0.605. The van der Waals surface area contributed by atoms with Crippen molar-refractivity contribution in [3.63, 3.8) is 0 Å². The third-order valence-electron chi connectivity index (χ3n) is 3.62. The summed E-state index contributed by atoms with van der Waals surface area (Å²) < 4.78 is 10.9. The van der Waals surface area contributed by atoms with Crippen LogP contribution in [0.5, 0.6) is 11.5 Å². The van der Waals surface area contributed by atoms with Crippen LogP contribution < -0.4 is 14.8 Å². The molecule has 94 valence electrons. The van der Waals surface area contributed by atoms with E-state index in [1.54, 1.807) is 14.2 Å². The third-order valence-corrected chi connectivity index (χ3v) is 3.62. The fourth-order valence-corrected chi connectivity index (χ4v) is 2.73. The van der Waals surface area contributed by atoms with E-state index in [0.29, 0.717) is 5.92 Å². The molecule has 1 N–H and O–H groups in total. The molecule has 1 aromatic rings. The average molecular weight is 235 g/mol. The van der Waals surface area contributed by atoms with Gasteiger partial charge in [-0.1, -0.05) is 6.07 Å². The van der Waals surface area contributed by atoms with Crippen molar-refractivity contribution < 1.29 is 9.47 Å². The summed E-state index contributed by atoms with van der Waals surface area (Å²) in [7, 11) is 3.40. The second-order valence-electron chi connectivity index (χ2n) is 4.66. The van der Waals surface area contributed by atoms with E-state index in [9.17, 15) is 0 Å². The molecular weight excluding hydrogens is 214 g/mol. The van der Waals surface area contributed by atoms with Crippen LogP contribution in [0.2, 0.25) is 0 Å². The van der Waals surface area contributed by atoms with Crippen molar-refractivity contribution in [3.05, 3.63) is 22.8 Å². The second kappa shape index (κ2) is 4.96. The van der Waals surface area contributed by atoms with Crippen LogP contribution in [-0.2, 0) is 0 Å². The van der Waals surface area contributed by atoms with Gasteiger partial charge in [-0.05, 0) is 49.4 Å². The number of hydrogen-bond acceptors (Lipinski definition) is 3. The molecule has 0 amide bonds. The Labute approximate surface area is 103 Å². The highest BCUT2D eigenvalue weighted by atomic mass is 16.5. The molecular formula is C14H21NO2. The van der Waals surface area contributed by atoms with Gasteiger partial charge in [0.2, 0.25) is 0 Å². The lowest BCUT2D eigenvalue weighted by atomic mass is 9.91. The molecule has 1 aromatic carbocycles. The van der Waals surface area contributed by atoms with Crippen LogP contribution in [0.4, 0.5) is 0 Å². The molecule has 0 aliphatic carbocycles. The standard InChI is InChI=1S/C14H21NO2/c1-9-7-12(11-5-6-15-8-11)10(2)14(17-4)13(9)16-3/h7,11,15H,5-6,8H2,1-4H3. The molecule has 1 atom stereocenters. The van der Waals surface area contributed by atoms with Gasteiger partial charge in [-0.3, -0.25) is 0 Å². The predicted octanol–water partition coefficient (Wildman–Crippen LogP) is 2.40. The number of methoxy groups -OCH3 is 2. The minimum atomic E-state index is 0.605. The Morgan fingerprint density at radius 1 is 1.18 bits per heavy atom. The molecule has 0 spiro atoms. The third kappa shape index (κ3) is 2.12. The molecule has 1 fully saturated rings. The Bertz CT molecular complexity index is 409. The number of benzene rings is 1. The molecule has 2 rings (SSSR count). The second-order valence-corrected chi connectivity index (χ2v) is 4.66.